The quantitative estimate of drug-likeness (QED) is 0.287. The Morgan fingerprint density at radius 3 is 2.30 bits per heavy atom. The van der Waals surface area contributed by atoms with E-state index in [1.54, 1.807) is 69.9 Å². The van der Waals surface area contributed by atoms with Crippen molar-refractivity contribution in [1.29, 1.82) is 0 Å². The molecule has 5 rings (SSSR count). The number of carbonyl (C=O) groups is 1. The second-order valence-corrected chi connectivity index (χ2v) is 9.17. The van der Waals surface area contributed by atoms with Crippen LogP contribution in [0.2, 0.25) is 0 Å². The van der Waals surface area contributed by atoms with Crippen molar-refractivity contribution in [2.75, 3.05) is 27.9 Å². The van der Waals surface area contributed by atoms with E-state index in [9.17, 15) is 14.4 Å². The Labute approximate surface area is 229 Å². The van der Waals surface area contributed by atoms with Gasteiger partial charge < -0.3 is 23.9 Å². The molecule has 0 aliphatic rings. The van der Waals surface area contributed by atoms with Crippen LogP contribution in [0, 0.1) is 0 Å². The molecule has 0 bridgehead atoms. The van der Waals surface area contributed by atoms with Gasteiger partial charge in [0.05, 0.1) is 27.9 Å². The standard InChI is InChI=1S/C30H29N3O7/c1-37-21-11-8-20(9-12-21)17-33-29(35)28-27(22-6-4-5-7-23(22)40-28)32(30(33)36)18-26(34)31-15-14-19-10-13-24(38-2)25(16-19)39-3/h4-13,16H,14-15,17-18H2,1-3H3,(H,31,34). The van der Waals surface area contributed by atoms with Crippen LogP contribution in [0.1, 0.15) is 11.1 Å². The van der Waals surface area contributed by atoms with E-state index in [0.717, 1.165) is 15.7 Å². The largest absolute Gasteiger partial charge is 0.497 e. The second kappa shape index (κ2) is 11.4. The van der Waals surface area contributed by atoms with Gasteiger partial charge >= 0.3 is 5.69 Å². The number of nitrogens with zero attached hydrogens (tertiary/aromatic N) is 2. The smallest absolute Gasteiger partial charge is 0.332 e. The summed E-state index contributed by atoms with van der Waals surface area (Å²) in [6.07, 6.45) is 0.544. The number of methoxy groups -OCH3 is 3. The monoisotopic (exact) mass is 543 g/mol. The van der Waals surface area contributed by atoms with Crippen molar-refractivity contribution in [3.05, 3.63) is 98.7 Å². The molecule has 2 heterocycles. The molecule has 0 aliphatic carbocycles. The summed E-state index contributed by atoms with van der Waals surface area (Å²) >= 11 is 0. The normalized spacial score (nSPS) is 11.1. The van der Waals surface area contributed by atoms with Crippen LogP contribution >= 0.6 is 0 Å². The maximum absolute atomic E-state index is 13.7. The van der Waals surface area contributed by atoms with Gasteiger partial charge in [-0.3, -0.25) is 18.7 Å². The number of carbonyl (C=O) groups excluding carboxylic acids is 1. The molecule has 0 aliphatic heterocycles. The fourth-order valence-electron chi connectivity index (χ4n) is 4.68. The number of furan rings is 1. The summed E-state index contributed by atoms with van der Waals surface area (Å²) in [4.78, 5) is 40.2. The van der Waals surface area contributed by atoms with E-state index in [-0.39, 0.29) is 24.6 Å². The van der Waals surface area contributed by atoms with E-state index in [4.69, 9.17) is 18.6 Å². The molecule has 0 radical (unpaired) electrons. The summed E-state index contributed by atoms with van der Waals surface area (Å²) in [5, 5.41) is 3.46. The van der Waals surface area contributed by atoms with E-state index in [2.05, 4.69) is 5.32 Å². The van der Waals surface area contributed by atoms with Crippen molar-refractivity contribution in [2.24, 2.45) is 0 Å². The van der Waals surface area contributed by atoms with Crippen molar-refractivity contribution < 1.29 is 23.4 Å². The van der Waals surface area contributed by atoms with Gasteiger partial charge in [-0.1, -0.05) is 30.3 Å². The zero-order chi connectivity index (χ0) is 28.2. The fraction of sp³-hybridized carbons (Fsp3) is 0.233. The Hall–Kier alpha value is -4.99. The molecule has 40 heavy (non-hydrogen) atoms. The number of aromatic nitrogens is 2. The molecule has 0 unspecified atom stereocenters. The molecule has 0 spiro atoms. The van der Waals surface area contributed by atoms with Crippen molar-refractivity contribution in [3.63, 3.8) is 0 Å². The number of benzene rings is 3. The van der Waals surface area contributed by atoms with E-state index in [0.29, 0.717) is 46.7 Å². The van der Waals surface area contributed by atoms with Gasteiger partial charge in [-0.2, -0.15) is 0 Å². The summed E-state index contributed by atoms with van der Waals surface area (Å²) in [6.45, 7) is 0.0626. The molecule has 0 atom stereocenters. The van der Waals surface area contributed by atoms with E-state index >= 15 is 0 Å². The Morgan fingerprint density at radius 1 is 0.850 bits per heavy atom. The molecule has 10 heteroatoms. The van der Waals surface area contributed by atoms with Crippen molar-refractivity contribution >= 4 is 28.0 Å². The highest BCUT2D eigenvalue weighted by Gasteiger charge is 2.21. The van der Waals surface area contributed by atoms with Crippen LogP contribution in [0.4, 0.5) is 0 Å². The van der Waals surface area contributed by atoms with Gasteiger partial charge in [-0.05, 0) is 53.9 Å². The minimum atomic E-state index is -0.602. The van der Waals surface area contributed by atoms with Crippen molar-refractivity contribution in [1.82, 2.24) is 14.5 Å². The molecule has 206 valence electrons. The Bertz CT molecular complexity index is 1800. The Balaban J connectivity index is 1.44. The molecule has 5 aromatic rings. The summed E-state index contributed by atoms with van der Waals surface area (Å²) in [5.74, 6) is 1.51. The predicted molar refractivity (Wildman–Crippen MR) is 151 cm³/mol. The van der Waals surface area contributed by atoms with Gasteiger partial charge in [0.25, 0.3) is 5.56 Å². The summed E-state index contributed by atoms with van der Waals surface area (Å²) in [7, 11) is 4.70. The lowest BCUT2D eigenvalue weighted by Gasteiger charge is -2.13. The average Bonchev–Trinajstić information content (AvgIpc) is 3.37. The molecule has 0 fully saturated rings. The third kappa shape index (κ3) is 5.15. The maximum atomic E-state index is 13.7. The fourth-order valence-corrected chi connectivity index (χ4v) is 4.68. The van der Waals surface area contributed by atoms with Crippen LogP contribution in [0.25, 0.3) is 22.1 Å². The number of ether oxygens (including phenoxy) is 3. The minimum absolute atomic E-state index is 0.00949. The molecular formula is C30H29N3O7. The first kappa shape index (κ1) is 26.6. The first-order chi connectivity index (χ1) is 19.4. The first-order valence-electron chi connectivity index (χ1n) is 12.7. The number of hydrogen-bond donors (Lipinski definition) is 1. The molecule has 2 aromatic heterocycles. The average molecular weight is 544 g/mol. The number of nitrogens with one attached hydrogen (secondary N) is 1. The number of hydrogen-bond acceptors (Lipinski definition) is 7. The number of fused-ring (bicyclic) bond motifs is 3. The van der Waals surface area contributed by atoms with Crippen LogP contribution < -0.4 is 30.8 Å². The van der Waals surface area contributed by atoms with Gasteiger partial charge in [-0.15, -0.1) is 0 Å². The van der Waals surface area contributed by atoms with Gasteiger partial charge in [-0.25, -0.2) is 4.79 Å². The van der Waals surface area contributed by atoms with Crippen LogP contribution in [0.15, 0.2) is 80.7 Å². The minimum Gasteiger partial charge on any atom is -0.497 e. The zero-order valence-corrected chi connectivity index (χ0v) is 22.4. The zero-order valence-electron chi connectivity index (χ0n) is 22.4. The summed E-state index contributed by atoms with van der Waals surface area (Å²) in [6, 6.07) is 19.7. The molecule has 1 N–H and O–H groups in total. The molecule has 3 aromatic carbocycles. The molecule has 10 nitrogen and oxygen atoms in total. The lowest BCUT2D eigenvalue weighted by atomic mass is 10.1. The number of rotatable bonds is 10. The van der Waals surface area contributed by atoms with Gasteiger partial charge in [0.2, 0.25) is 11.5 Å². The molecule has 0 saturated carbocycles. The van der Waals surface area contributed by atoms with E-state index < -0.39 is 11.2 Å². The van der Waals surface area contributed by atoms with Gasteiger partial charge in [0.15, 0.2) is 11.5 Å². The molecule has 0 saturated heterocycles. The Kier molecular flexibility index (Phi) is 7.59. The van der Waals surface area contributed by atoms with Gasteiger partial charge in [0, 0.05) is 11.9 Å². The number of amides is 1. The van der Waals surface area contributed by atoms with Crippen LogP contribution in [0.5, 0.6) is 17.2 Å². The SMILES string of the molecule is COc1ccc(Cn2c(=O)c3oc4ccccc4c3n(CC(=O)NCCc3ccc(OC)c(OC)c3)c2=O)cc1. The van der Waals surface area contributed by atoms with Crippen LogP contribution in [0.3, 0.4) is 0 Å². The molecule has 1 amide bonds. The second-order valence-electron chi connectivity index (χ2n) is 9.17. The highest BCUT2D eigenvalue weighted by atomic mass is 16.5. The Morgan fingerprint density at radius 2 is 1.57 bits per heavy atom. The molecular weight excluding hydrogens is 514 g/mol. The summed E-state index contributed by atoms with van der Waals surface area (Å²) in [5.41, 5.74) is 1.29. The van der Waals surface area contributed by atoms with Crippen LogP contribution in [-0.4, -0.2) is 42.9 Å². The third-order valence-electron chi connectivity index (χ3n) is 6.73. The summed E-state index contributed by atoms with van der Waals surface area (Å²) < 4.78 is 24.1. The van der Waals surface area contributed by atoms with Crippen LogP contribution in [-0.2, 0) is 24.3 Å². The highest BCUT2D eigenvalue weighted by Crippen LogP contribution is 2.28. The third-order valence-corrected chi connectivity index (χ3v) is 6.73. The predicted octanol–water partition coefficient (Wildman–Crippen LogP) is 3.34. The van der Waals surface area contributed by atoms with Crippen molar-refractivity contribution in [3.8, 4) is 17.2 Å². The highest BCUT2D eigenvalue weighted by molar-refractivity contribution is 6.02. The van der Waals surface area contributed by atoms with Crippen molar-refractivity contribution in [2.45, 2.75) is 19.5 Å². The lowest BCUT2D eigenvalue weighted by molar-refractivity contribution is -0.121. The first-order valence-corrected chi connectivity index (χ1v) is 12.7. The number of para-hydroxylation sites is 1. The van der Waals surface area contributed by atoms with E-state index in [1.165, 1.54) is 4.57 Å². The van der Waals surface area contributed by atoms with E-state index in [1.807, 2.05) is 18.2 Å². The maximum Gasteiger partial charge on any atom is 0.332 e. The lowest BCUT2D eigenvalue weighted by Crippen LogP contribution is -2.42. The van der Waals surface area contributed by atoms with Gasteiger partial charge in [0.1, 0.15) is 23.4 Å². The topological polar surface area (TPSA) is 114 Å².